The van der Waals surface area contributed by atoms with Gasteiger partial charge in [0.2, 0.25) is 0 Å². The molecule has 0 saturated carbocycles. The lowest BCUT2D eigenvalue weighted by atomic mass is 9.91. The Bertz CT molecular complexity index is 353. The third-order valence-corrected chi connectivity index (χ3v) is 2.44. The molecule has 66 valence electrons. The number of fused-ring (bicyclic) bond motifs is 1. The Morgan fingerprint density at radius 1 is 1.38 bits per heavy atom. The molecular weight excluding hydrogens is 162 g/mol. The average Bonchev–Trinajstić information content (AvgIpc) is 2.19. The molecular formula is C11H11NO. The fourth-order valence-corrected chi connectivity index (χ4v) is 1.73. The Morgan fingerprint density at radius 2 is 2.08 bits per heavy atom. The zero-order valence-corrected chi connectivity index (χ0v) is 7.53. The molecule has 2 atom stereocenters. The molecule has 0 fully saturated rings. The highest BCUT2D eigenvalue weighted by atomic mass is 16.5. The van der Waals surface area contributed by atoms with Crippen molar-refractivity contribution in [1.29, 1.82) is 5.26 Å². The number of nitrogens with zero attached hydrogens (tertiary/aromatic N) is 1. The summed E-state index contributed by atoms with van der Waals surface area (Å²) in [5.41, 5.74) is 2.28. The van der Waals surface area contributed by atoms with E-state index in [1.165, 1.54) is 5.56 Å². The predicted octanol–water partition coefficient (Wildman–Crippen LogP) is 2.38. The van der Waals surface area contributed by atoms with E-state index in [9.17, 15) is 0 Å². The molecule has 1 heterocycles. The predicted molar refractivity (Wildman–Crippen MR) is 49.2 cm³/mol. The molecule has 1 aliphatic rings. The van der Waals surface area contributed by atoms with Crippen LogP contribution < -0.4 is 0 Å². The Kier molecular flexibility index (Phi) is 2.03. The summed E-state index contributed by atoms with van der Waals surface area (Å²) < 4.78 is 5.40. The van der Waals surface area contributed by atoms with E-state index in [4.69, 9.17) is 10.00 Å². The normalized spacial score (nSPS) is 26.2. The van der Waals surface area contributed by atoms with Crippen molar-refractivity contribution in [2.45, 2.75) is 18.9 Å². The van der Waals surface area contributed by atoms with Gasteiger partial charge in [-0.15, -0.1) is 0 Å². The lowest BCUT2D eigenvalue weighted by molar-refractivity contribution is 0.0661. The van der Waals surface area contributed by atoms with Crippen LogP contribution in [0.25, 0.3) is 0 Å². The summed E-state index contributed by atoms with van der Waals surface area (Å²) in [7, 11) is 0. The summed E-state index contributed by atoms with van der Waals surface area (Å²) in [6, 6.07) is 10.2. The van der Waals surface area contributed by atoms with Crippen LogP contribution in [0.3, 0.4) is 0 Å². The van der Waals surface area contributed by atoms with Gasteiger partial charge in [-0.25, -0.2) is 0 Å². The molecule has 0 N–H and O–H groups in total. The second-order valence-corrected chi connectivity index (χ2v) is 3.37. The van der Waals surface area contributed by atoms with E-state index in [0.717, 1.165) is 5.56 Å². The van der Waals surface area contributed by atoms with Crippen molar-refractivity contribution in [1.82, 2.24) is 0 Å². The van der Waals surface area contributed by atoms with E-state index in [0.29, 0.717) is 12.5 Å². The maximum absolute atomic E-state index is 8.85. The number of nitriles is 1. The minimum atomic E-state index is -0.368. The molecule has 2 rings (SSSR count). The molecule has 0 bridgehead atoms. The first kappa shape index (κ1) is 8.28. The number of rotatable bonds is 0. The molecule has 0 aliphatic carbocycles. The molecule has 0 radical (unpaired) electrons. The van der Waals surface area contributed by atoms with Gasteiger partial charge in [0.15, 0.2) is 6.10 Å². The summed E-state index contributed by atoms with van der Waals surface area (Å²) >= 11 is 0. The van der Waals surface area contributed by atoms with Gasteiger partial charge >= 0.3 is 0 Å². The van der Waals surface area contributed by atoms with Crippen LogP contribution in [0, 0.1) is 11.3 Å². The van der Waals surface area contributed by atoms with E-state index in [2.05, 4.69) is 19.1 Å². The van der Waals surface area contributed by atoms with Gasteiger partial charge in [-0.3, -0.25) is 0 Å². The van der Waals surface area contributed by atoms with Gasteiger partial charge in [0, 0.05) is 5.92 Å². The topological polar surface area (TPSA) is 33.0 Å². The van der Waals surface area contributed by atoms with Crippen molar-refractivity contribution < 1.29 is 4.74 Å². The van der Waals surface area contributed by atoms with Crippen molar-refractivity contribution >= 4 is 0 Å². The molecule has 2 heteroatoms. The molecule has 1 aromatic carbocycles. The van der Waals surface area contributed by atoms with Crippen molar-refractivity contribution in [3.05, 3.63) is 35.4 Å². The largest absolute Gasteiger partial charge is 0.358 e. The molecule has 2 nitrogen and oxygen atoms in total. The minimum absolute atomic E-state index is 0.368. The van der Waals surface area contributed by atoms with Crippen LogP contribution in [0.4, 0.5) is 0 Å². The average molecular weight is 173 g/mol. The molecule has 0 aromatic heterocycles. The lowest BCUT2D eigenvalue weighted by Crippen LogP contribution is -2.18. The van der Waals surface area contributed by atoms with Crippen molar-refractivity contribution in [2.75, 3.05) is 6.61 Å². The van der Waals surface area contributed by atoms with Crippen LogP contribution in [0.2, 0.25) is 0 Å². The zero-order valence-electron chi connectivity index (χ0n) is 7.53. The molecule has 1 aromatic rings. The van der Waals surface area contributed by atoms with Gasteiger partial charge in [0.1, 0.15) is 0 Å². The SMILES string of the molecule is C[C@@H]1CO[C@H](C#N)c2ccccc21. The van der Waals surface area contributed by atoms with Gasteiger partial charge in [-0.05, 0) is 11.1 Å². The van der Waals surface area contributed by atoms with Gasteiger partial charge in [0.25, 0.3) is 0 Å². The molecule has 0 spiro atoms. The van der Waals surface area contributed by atoms with Crippen molar-refractivity contribution in [2.24, 2.45) is 0 Å². The molecule has 0 unspecified atom stereocenters. The Hall–Kier alpha value is -1.33. The highest BCUT2D eigenvalue weighted by Crippen LogP contribution is 2.32. The van der Waals surface area contributed by atoms with E-state index < -0.39 is 0 Å². The van der Waals surface area contributed by atoms with Crippen LogP contribution >= 0.6 is 0 Å². The monoisotopic (exact) mass is 173 g/mol. The van der Waals surface area contributed by atoms with E-state index >= 15 is 0 Å². The van der Waals surface area contributed by atoms with Crippen LogP contribution in [0.1, 0.15) is 30.1 Å². The van der Waals surface area contributed by atoms with Gasteiger partial charge in [-0.2, -0.15) is 5.26 Å². The number of hydrogen-bond acceptors (Lipinski definition) is 2. The highest BCUT2D eigenvalue weighted by Gasteiger charge is 2.24. The first-order chi connectivity index (χ1) is 6.33. The first-order valence-electron chi connectivity index (χ1n) is 4.43. The summed E-state index contributed by atoms with van der Waals surface area (Å²) in [4.78, 5) is 0. The summed E-state index contributed by atoms with van der Waals surface area (Å²) in [5, 5.41) is 8.85. The smallest absolute Gasteiger partial charge is 0.169 e. The Balaban J connectivity index is 2.49. The summed E-state index contributed by atoms with van der Waals surface area (Å²) in [5.74, 6) is 0.404. The van der Waals surface area contributed by atoms with Crippen molar-refractivity contribution in [3.63, 3.8) is 0 Å². The Morgan fingerprint density at radius 3 is 2.77 bits per heavy atom. The summed E-state index contributed by atoms with van der Waals surface area (Å²) in [6.07, 6.45) is -0.368. The molecule has 1 aliphatic heterocycles. The first-order valence-corrected chi connectivity index (χ1v) is 4.43. The molecule has 0 saturated heterocycles. The van der Waals surface area contributed by atoms with E-state index in [1.54, 1.807) is 0 Å². The fourth-order valence-electron chi connectivity index (χ4n) is 1.73. The maximum atomic E-state index is 8.85. The quantitative estimate of drug-likeness (QED) is 0.603. The maximum Gasteiger partial charge on any atom is 0.169 e. The highest BCUT2D eigenvalue weighted by molar-refractivity contribution is 5.36. The second-order valence-electron chi connectivity index (χ2n) is 3.37. The zero-order chi connectivity index (χ0) is 9.26. The van der Waals surface area contributed by atoms with E-state index in [1.807, 2.05) is 18.2 Å². The fraction of sp³-hybridized carbons (Fsp3) is 0.364. The Labute approximate surface area is 77.8 Å². The van der Waals surface area contributed by atoms with Crippen LogP contribution in [0.5, 0.6) is 0 Å². The molecule has 13 heavy (non-hydrogen) atoms. The van der Waals surface area contributed by atoms with Crippen LogP contribution in [0.15, 0.2) is 24.3 Å². The van der Waals surface area contributed by atoms with Crippen molar-refractivity contribution in [3.8, 4) is 6.07 Å². The third-order valence-electron chi connectivity index (χ3n) is 2.44. The number of ether oxygens (including phenoxy) is 1. The number of hydrogen-bond donors (Lipinski definition) is 0. The van der Waals surface area contributed by atoms with Gasteiger partial charge in [-0.1, -0.05) is 31.2 Å². The summed E-state index contributed by atoms with van der Waals surface area (Å²) in [6.45, 7) is 2.77. The van der Waals surface area contributed by atoms with Gasteiger partial charge < -0.3 is 4.74 Å². The minimum Gasteiger partial charge on any atom is -0.358 e. The second kappa shape index (κ2) is 3.20. The number of benzene rings is 1. The lowest BCUT2D eigenvalue weighted by Gasteiger charge is -2.25. The molecule has 0 amide bonds. The standard InChI is InChI=1S/C11H11NO/c1-8-7-13-11(6-12)10-5-3-2-4-9(8)10/h2-5,8,11H,7H2,1H3/t8-,11-/m1/s1. The van der Waals surface area contributed by atoms with Crippen LogP contribution in [-0.4, -0.2) is 6.61 Å². The third kappa shape index (κ3) is 1.32. The van der Waals surface area contributed by atoms with Crippen LogP contribution in [-0.2, 0) is 4.74 Å². The van der Waals surface area contributed by atoms with E-state index in [-0.39, 0.29) is 6.10 Å². The van der Waals surface area contributed by atoms with Gasteiger partial charge in [0.05, 0.1) is 12.7 Å².